The molecule has 1 unspecified atom stereocenters. The summed E-state index contributed by atoms with van der Waals surface area (Å²) in [6.07, 6.45) is -4.99. The molecule has 0 bridgehead atoms. The fourth-order valence-electron chi connectivity index (χ4n) is 3.33. The first-order valence-electron chi connectivity index (χ1n) is 7.41. The lowest BCUT2D eigenvalue weighted by molar-refractivity contribution is -0.140. The third-order valence-corrected chi connectivity index (χ3v) is 5.53. The van der Waals surface area contributed by atoms with Crippen molar-refractivity contribution < 1.29 is 13.2 Å². The molecule has 1 nitrogen and oxygen atoms in total. The molecular weight excluding hydrogens is 275 g/mol. The van der Waals surface area contributed by atoms with E-state index in [1.165, 1.54) is 0 Å². The van der Waals surface area contributed by atoms with Crippen molar-refractivity contribution >= 4 is 0 Å². The Bertz CT molecular complexity index is 463. The zero-order chi connectivity index (χ0) is 15.9. The predicted octanol–water partition coefficient (Wildman–Crippen LogP) is 4.95. The zero-order valence-electron chi connectivity index (χ0n) is 13.1. The Hall–Kier alpha value is -1.03. The van der Waals surface area contributed by atoms with Gasteiger partial charge in [0.2, 0.25) is 0 Å². The van der Waals surface area contributed by atoms with Crippen molar-refractivity contribution in [1.29, 1.82) is 0 Å². The minimum atomic E-state index is -4.16. The molecule has 1 N–H and O–H groups in total. The summed E-state index contributed by atoms with van der Waals surface area (Å²) in [6, 6.07) is 8.23. The number of hydrogen-bond acceptors (Lipinski definition) is 1. The fraction of sp³-hybridized carbons (Fsp3) is 0.647. The molecule has 0 heterocycles. The third-order valence-electron chi connectivity index (χ3n) is 5.53. The van der Waals surface area contributed by atoms with Crippen LogP contribution in [-0.2, 0) is 0 Å². The highest BCUT2D eigenvalue weighted by molar-refractivity contribution is 5.20. The van der Waals surface area contributed by atoms with Crippen LogP contribution in [0.15, 0.2) is 30.3 Å². The van der Waals surface area contributed by atoms with Crippen LogP contribution in [0.2, 0.25) is 0 Å². The summed E-state index contributed by atoms with van der Waals surface area (Å²) in [5, 5.41) is 3.15. The molecule has 2 rings (SSSR count). The average Bonchev–Trinajstić information content (AvgIpc) is 2.75. The molecule has 1 fully saturated rings. The van der Waals surface area contributed by atoms with E-state index in [9.17, 15) is 13.2 Å². The first kappa shape index (κ1) is 16.3. The number of halogens is 3. The van der Waals surface area contributed by atoms with Gasteiger partial charge in [0, 0.05) is 6.04 Å². The topological polar surface area (TPSA) is 12.0 Å². The summed E-state index contributed by atoms with van der Waals surface area (Å²) in [7, 11) is 0. The highest BCUT2D eigenvalue weighted by Crippen LogP contribution is 2.68. The Labute approximate surface area is 124 Å². The van der Waals surface area contributed by atoms with Crippen molar-refractivity contribution in [1.82, 2.24) is 5.32 Å². The summed E-state index contributed by atoms with van der Waals surface area (Å²) < 4.78 is 38.4. The summed E-state index contributed by atoms with van der Waals surface area (Å²) in [4.78, 5) is 0. The van der Waals surface area contributed by atoms with Gasteiger partial charge in [-0.15, -0.1) is 0 Å². The van der Waals surface area contributed by atoms with Crippen LogP contribution < -0.4 is 5.32 Å². The van der Waals surface area contributed by atoms with E-state index >= 15 is 0 Å². The Morgan fingerprint density at radius 1 is 1.05 bits per heavy atom. The number of hydrogen-bond donors (Lipinski definition) is 1. The van der Waals surface area contributed by atoms with Crippen LogP contribution >= 0.6 is 0 Å². The largest absolute Gasteiger partial charge is 0.390 e. The second-order valence-corrected chi connectivity index (χ2v) is 7.19. The maximum absolute atomic E-state index is 12.8. The van der Waals surface area contributed by atoms with Gasteiger partial charge in [-0.1, -0.05) is 58.0 Å². The Balaban J connectivity index is 2.04. The van der Waals surface area contributed by atoms with Gasteiger partial charge in [0.1, 0.15) is 0 Å². The molecule has 1 aromatic rings. The van der Waals surface area contributed by atoms with Gasteiger partial charge in [-0.05, 0) is 28.9 Å². The smallest absolute Gasteiger partial charge is 0.309 e. The molecule has 21 heavy (non-hydrogen) atoms. The molecule has 0 spiro atoms. The van der Waals surface area contributed by atoms with Crippen LogP contribution in [0.25, 0.3) is 0 Å². The van der Waals surface area contributed by atoms with E-state index < -0.39 is 18.6 Å². The first-order valence-corrected chi connectivity index (χ1v) is 7.41. The van der Waals surface area contributed by atoms with Crippen molar-refractivity contribution in [2.75, 3.05) is 6.54 Å². The van der Waals surface area contributed by atoms with Crippen molar-refractivity contribution in [3.8, 4) is 0 Å². The van der Waals surface area contributed by atoms with Gasteiger partial charge >= 0.3 is 6.18 Å². The van der Waals surface area contributed by atoms with Gasteiger partial charge in [0.05, 0.1) is 6.42 Å². The van der Waals surface area contributed by atoms with Crippen molar-refractivity contribution in [2.24, 2.45) is 16.7 Å². The maximum Gasteiger partial charge on any atom is 0.390 e. The molecule has 1 aliphatic rings. The van der Waals surface area contributed by atoms with Gasteiger partial charge in [-0.3, -0.25) is 0 Å². The predicted molar refractivity (Wildman–Crippen MR) is 78.9 cm³/mol. The molecule has 0 saturated heterocycles. The molecule has 0 aliphatic heterocycles. The quantitative estimate of drug-likeness (QED) is 0.811. The monoisotopic (exact) mass is 299 g/mol. The minimum absolute atomic E-state index is 0.180. The van der Waals surface area contributed by atoms with Crippen LogP contribution in [-0.4, -0.2) is 12.7 Å². The van der Waals surface area contributed by atoms with Crippen LogP contribution in [0.5, 0.6) is 0 Å². The van der Waals surface area contributed by atoms with Gasteiger partial charge in [-0.25, -0.2) is 0 Å². The summed E-state index contributed by atoms with van der Waals surface area (Å²) in [5.74, 6) is 0.407. The van der Waals surface area contributed by atoms with Crippen molar-refractivity contribution in [3.05, 3.63) is 35.9 Å². The molecule has 0 amide bonds. The van der Waals surface area contributed by atoms with E-state index in [4.69, 9.17) is 0 Å². The molecule has 1 aliphatic carbocycles. The second kappa shape index (κ2) is 5.31. The average molecular weight is 299 g/mol. The van der Waals surface area contributed by atoms with Gasteiger partial charge in [0.25, 0.3) is 0 Å². The second-order valence-electron chi connectivity index (χ2n) is 7.19. The lowest BCUT2D eigenvalue weighted by Gasteiger charge is -2.21. The SMILES string of the molecule is CC1(C)C(CNC(CC(F)(F)F)c2ccccc2)C1(C)C. The molecule has 1 saturated carbocycles. The van der Waals surface area contributed by atoms with E-state index in [1.807, 2.05) is 6.07 Å². The number of rotatable bonds is 5. The summed E-state index contributed by atoms with van der Waals surface area (Å²) >= 11 is 0. The van der Waals surface area contributed by atoms with Crippen LogP contribution in [0.3, 0.4) is 0 Å². The van der Waals surface area contributed by atoms with Crippen molar-refractivity contribution in [3.63, 3.8) is 0 Å². The van der Waals surface area contributed by atoms with E-state index in [1.54, 1.807) is 24.3 Å². The van der Waals surface area contributed by atoms with Gasteiger partial charge in [-0.2, -0.15) is 13.2 Å². The maximum atomic E-state index is 12.8. The number of alkyl halides is 3. The molecule has 1 aromatic carbocycles. The number of benzene rings is 1. The van der Waals surface area contributed by atoms with E-state index in [2.05, 4.69) is 33.0 Å². The lowest BCUT2D eigenvalue weighted by Crippen LogP contribution is -2.29. The molecule has 0 radical (unpaired) electrons. The molecule has 118 valence electrons. The van der Waals surface area contributed by atoms with Crippen LogP contribution in [0, 0.1) is 16.7 Å². The third kappa shape index (κ3) is 3.42. The highest BCUT2D eigenvalue weighted by Gasteiger charge is 2.64. The van der Waals surface area contributed by atoms with Crippen LogP contribution in [0.1, 0.15) is 45.7 Å². The van der Waals surface area contributed by atoms with Gasteiger partial charge < -0.3 is 5.32 Å². The van der Waals surface area contributed by atoms with Crippen LogP contribution in [0.4, 0.5) is 13.2 Å². The molecule has 4 heteroatoms. The van der Waals surface area contributed by atoms with Gasteiger partial charge in [0.15, 0.2) is 0 Å². The lowest BCUT2D eigenvalue weighted by atomic mass is 10.0. The normalized spacial score (nSPS) is 22.0. The first-order chi connectivity index (χ1) is 9.56. The zero-order valence-corrected chi connectivity index (χ0v) is 13.1. The Morgan fingerprint density at radius 3 is 2.00 bits per heavy atom. The van der Waals surface area contributed by atoms with Crippen molar-refractivity contribution in [2.45, 2.75) is 46.3 Å². The molecular formula is C17H24F3N. The standard InChI is InChI=1S/C17H24F3N/c1-15(2)14(16(15,3)4)11-21-13(10-17(18,19)20)12-8-6-5-7-9-12/h5-9,13-14,21H,10-11H2,1-4H3. The Morgan fingerprint density at radius 2 is 1.57 bits per heavy atom. The highest BCUT2D eigenvalue weighted by atomic mass is 19.4. The van der Waals surface area contributed by atoms with E-state index in [-0.39, 0.29) is 10.8 Å². The Kier molecular flexibility index (Phi) is 4.13. The fourth-order valence-corrected chi connectivity index (χ4v) is 3.33. The van der Waals surface area contributed by atoms with E-state index in [0.717, 1.165) is 0 Å². The van der Waals surface area contributed by atoms with E-state index in [0.29, 0.717) is 18.0 Å². The molecule has 0 aromatic heterocycles. The minimum Gasteiger partial charge on any atom is -0.309 e. The molecule has 1 atom stereocenters. The summed E-state index contributed by atoms with van der Waals surface area (Å²) in [6.45, 7) is 9.35. The number of nitrogens with one attached hydrogen (secondary N) is 1. The summed E-state index contributed by atoms with van der Waals surface area (Å²) in [5.41, 5.74) is 1.06.